The molecule has 0 amide bonds. The molecule has 0 saturated heterocycles. The number of esters is 3. The number of hydrogen-bond acceptors (Lipinski definition) is 6. The molecule has 0 aliphatic carbocycles. The Hall–Kier alpha value is -4.45. The summed E-state index contributed by atoms with van der Waals surface area (Å²) in [5.41, 5.74) is 0. The SMILES string of the molecule is CC/C=C\C/C=C\C/C=C\C/C=C\C/C=C\C/C=C\CCCCCCC(=O)OCC(COC(=O)CCCCCCCCCCC)OC(=O)CCCCC/C=C\C/C=C\C/C=C\C/C=C\C/C=C\CC. The van der Waals surface area contributed by atoms with E-state index in [0.717, 1.165) is 141 Å². The fraction of sp³-hybridized carbons (Fsp3) is 0.603. The van der Waals surface area contributed by atoms with Gasteiger partial charge in [0.2, 0.25) is 0 Å². The van der Waals surface area contributed by atoms with Crippen LogP contribution in [0.2, 0.25) is 0 Å². The molecular formula is C63H100O6. The van der Waals surface area contributed by atoms with Gasteiger partial charge in [-0.3, -0.25) is 14.4 Å². The van der Waals surface area contributed by atoms with Crippen LogP contribution >= 0.6 is 0 Å². The molecule has 0 saturated carbocycles. The van der Waals surface area contributed by atoms with Gasteiger partial charge in [-0.25, -0.2) is 0 Å². The number of allylic oxidation sites excluding steroid dienone is 22. The van der Waals surface area contributed by atoms with Gasteiger partial charge in [-0.15, -0.1) is 0 Å². The van der Waals surface area contributed by atoms with Crippen molar-refractivity contribution >= 4 is 17.9 Å². The fourth-order valence-electron chi connectivity index (χ4n) is 7.06. The number of unbranched alkanes of at least 4 members (excludes halogenated alkanes) is 15. The molecule has 0 rings (SSSR count). The maximum atomic E-state index is 12.8. The van der Waals surface area contributed by atoms with Gasteiger partial charge in [-0.2, -0.15) is 0 Å². The molecule has 1 unspecified atom stereocenters. The Morgan fingerprint density at radius 2 is 0.565 bits per heavy atom. The minimum atomic E-state index is -0.809. The first-order chi connectivity index (χ1) is 34.0. The van der Waals surface area contributed by atoms with Crippen LogP contribution in [-0.4, -0.2) is 37.2 Å². The van der Waals surface area contributed by atoms with Crippen molar-refractivity contribution in [2.75, 3.05) is 13.2 Å². The van der Waals surface area contributed by atoms with E-state index in [1.807, 2.05) is 0 Å². The molecule has 388 valence electrons. The van der Waals surface area contributed by atoms with Crippen LogP contribution in [0.15, 0.2) is 134 Å². The van der Waals surface area contributed by atoms with E-state index in [4.69, 9.17) is 14.2 Å². The van der Waals surface area contributed by atoms with Crippen molar-refractivity contribution in [3.8, 4) is 0 Å². The standard InChI is InChI=1S/C63H100O6/c1-4-7-10-13-16-19-21-23-25-27-29-30-31-32-34-35-37-39-41-44-47-50-53-56-62(65)68-59-60(58-67-61(64)55-52-49-46-43-18-15-12-9-6-3)69-63(66)57-54-51-48-45-42-40-38-36-33-28-26-24-22-20-17-14-11-8-5-2/h7-8,10-11,16-17,19-20,23-26,29-30,32-34,36-37,39-40,42,60H,4-6,9,12-15,18,21-22,27-28,31,35,38,41,43-59H2,1-3H3/b10-7-,11-8-,19-16-,20-17-,25-23-,26-24-,30-29-,34-32-,36-33-,39-37-,42-40-. The van der Waals surface area contributed by atoms with Gasteiger partial charge >= 0.3 is 17.9 Å². The highest BCUT2D eigenvalue weighted by atomic mass is 16.6. The predicted octanol–water partition coefficient (Wildman–Crippen LogP) is 18.6. The third-order valence-corrected chi connectivity index (χ3v) is 11.2. The Kier molecular flexibility index (Phi) is 52.5. The van der Waals surface area contributed by atoms with Crippen LogP contribution in [0.5, 0.6) is 0 Å². The summed E-state index contributed by atoms with van der Waals surface area (Å²) in [5.74, 6) is -0.971. The van der Waals surface area contributed by atoms with Crippen molar-refractivity contribution in [2.45, 2.75) is 232 Å². The van der Waals surface area contributed by atoms with E-state index >= 15 is 0 Å². The molecular weight excluding hydrogens is 853 g/mol. The summed E-state index contributed by atoms with van der Waals surface area (Å²) in [4.78, 5) is 38.0. The quantitative estimate of drug-likeness (QED) is 0.0262. The first-order valence-electron chi connectivity index (χ1n) is 27.7. The number of carbonyl (C=O) groups excluding carboxylic acids is 3. The van der Waals surface area contributed by atoms with Gasteiger partial charge in [0.1, 0.15) is 13.2 Å². The summed E-state index contributed by atoms with van der Waals surface area (Å²) in [6, 6.07) is 0. The van der Waals surface area contributed by atoms with Crippen LogP contribution in [-0.2, 0) is 28.6 Å². The average molecular weight is 953 g/mol. The Morgan fingerprint density at radius 3 is 0.899 bits per heavy atom. The highest BCUT2D eigenvalue weighted by Gasteiger charge is 2.19. The summed E-state index contributed by atoms with van der Waals surface area (Å²) in [5, 5.41) is 0. The predicted molar refractivity (Wildman–Crippen MR) is 297 cm³/mol. The molecule has 0 aromatic heterocycles. The van der Waals surface area contributed by atoms with Gasteiger partial charge in [-0.1, -0.05) is 225 Å². The zero-order valence-electron chi connectivity index (χ0n) is 44.3. The second-order valence-corrected chi connectivity index (χ2v) is 17.7. The van der Waals surface area contributed by atoms with Crippen LogP contribution in [0.3, 0.4) is 0 Å². The summed E-state index contributed by atoms with van der Waals surface area (Å²) in [6.07, 6.45) is 78.7. The second-order valence-electron chi connectivity index (χ2n) is 17.7. The summed E-state index contributed by atoms with van der Waals surface area (Å²) < 4.78 is 16.8. The third kappa shape index (κ3) is 54.4. The lowest BCUT2D eigenvalue weighted by atomic mass is 10.1. The maximum absolute atomic E-state index is 12.8. The van der Waals surface area contributed by atoms with Crippen molar-refractivity contribution in [3.05, 3.63) is 134 Å². The zero-order chi connectivity index (χ0) is 50.0. The molecule has 1 atom stereocenters. The fourth-order valence-corrected chi connectivity index (χ4v) is 7.06. The molecule has 0 spiro atoms. The molecule has 0 radical (unpaired) electrons. The van der Waals surface area contributed by atoms with E-state index in [1.165, 1.54) is 38.5 Å². The molecule has 0 aliphatic rings. The zero-order valence-corrected chi connectivity index (χ0v) is 44.3. The number of hydrogen-bond donors (Lipinski definition) is 0. The number of rotatable bonds is 48. The molecule has 6 nitrogen and oxygen atoms in total. The highest BCUT2D eigenvalue weighted by molar-refractivity contribution is 5.71. The first-order valence-corrected chi connectivity index (χ1v) is 27.7. The Labute approximate surface area is 424 Å². The smallest absolute Gasteiger partial charge is 0.306 e. The van der Waals surface area contributed by atoms with E-state index in [2.05, 4.69) is 154 Å². The average Bonchev–Trinajstić information content (AvgIpc) is 3.35. The van der Waals surface area contributed by atoms with Crippen molar-refractivity contribution < 1.29 is 28.6 Å². The van der Waals surface area contributed by atoms with Gasteiger partial charge in [0.25, 0.3) is 0 Å². The highest BCUT2D eigenvalue weighted by Crippen LogP contribution is 2.13. The monoisotopic (exact) mass is 953 g/mol. The normalized spacial score (nSPS) is 13.1. The molecule has 0 heterocycles. The van der Waals surface area contributed by atoms with Crippen LogP contribution in [0.1, 0.15) is 226 Å². The Morgan fingerprint density at radius 1 is 0.304 bits per heavy atom. The van der Waals surface area contributed by atoms with Gasteiger partial charge in [0.05, 0.1) is 0 Å². The lowest BCUT2D eigenvalue weighted by Crippen LogP contribution is -2.30. The minimum Gasteiger partial charge on any atom is -0.462 e. The largest absolute Gasteiger partial charge is 0.462 e. The molecule has 0 bridgehead atoms. The van der Waals surface area contributed by atoms with Gasteiger partial charge in [0.15, 0.2) is 6.10 Å². The van der Waals surface area contributed by atoms with Crippen LogP contribution in [0.25, 0.3) is 0 Å². The first kappa shape index (κ1) is 64.5. The molecule has 0 fully saturated rings. The molecule has 0 N–H and O–H groups in total. The van der Waals surface area contributed by atoms with Gasteiger partial charge in [-0.05, 0) is 116 Å². The number of carbonyl (C=O) groups is 3. The van der Waals surface area contributed by atoms with Crippen molar-refractivity contribution in [2.24, 2.45) is 0 Å². The lowest BCUT2D eigenvalue weighted by Gasteiger charge is -2.18. The third-order valence-electron chi connectivity index (χ3n) is 11.2. The lowest BCUT2D eigenvalue weighted by molar-refractivity contribution is -0.167. The summed E-state index contributed by atoms with van der Waals surface area (Å²) in [7, 11) is 0. The van der Waals surface area contributed by atoms with E-state index in [0.29, 0.717) is 19.3 Å². The van der Waals surface area contributed by atoms with E-state index in [1.54, 1.807) is 0 Å². The second kappa shape index (κ2) is 56.1. The van der Waals surface area contributed by atoms with Crippen molar-refractivity contribution in [3.63, 3.8) is 0 Å². The Balaban J connectivity index is 4.43. The molecule has 6 heteroatoms. The minimum absolute atomic E-state index is 0.103. The van der Waals surface area contributed by atoms with Crippen LogP contribution in [0, 0.1) is 0 Å². The van der Waals surface area contributed by atoms with Gasteiger partial charge in [0, 0.05) is 19.3 Å². The molecule has 0 aromatic rings. The van der Waals surface area contributed by atoms with E-state index in [-0.39, 0.29) is 37.5 Å². The topological polar surface area (TPSA) is 78.9 Å². The molecule has 0 aliphatic heterocycles. The maximum Gasteiger partial charge on any atom is 0.306 e. The van der Waals surface area contributed by atoms with Crippen molar-refractivity contribution in [1.29, 1.82) is 0 Å². The van der Waals surface area contributed by atoms with Gasteiger partial charge < -0.3 is 14.2 Å². The number of ether oxygens (including phenoxy) is 3. The van der Waals surface area contributed by atoms with Crippen LogP contribution in [0.4, 0.5) is 0 Å². The van der Waals surface area contributed by atoms with Crippen molar-refractivity contribution in [1.82, 2.24) is 0 Å². The molecule has 69 heavy (non-hydrogen) atoms. The molecule has 0 aromatic carbocycles. The summed E-state index contributed by atoms with van der Waals surface area (Å²) in [6.45, 7) is 6.33. The van der Waals surface area contributed by atoms with E-state index in [9.17, 15) is 14.4 Å². The van der Waals surface area contributed by atoms with Crippen LogP contribution < -0.4 is 0 Å². The van der Waals surface area contributed by atoms with E-state index < -0.39 is 6.10 Å². The summed E-state index contributed by atoms with van der Waals surface area (Å²) >= 11 is 0. The Bertz CT molecular complexity index is 1510.